The number of carbonyl (C=O) groups is 1. The zero-order valence-electron chi connectivity index (χ0n) is 19.0. The smallest absolute Gasteiger partial charge is 0.410 e. The molecular weight excluding hydrogens is 369 g/mol. The number of rotatable bonds is 7. The lowest BCUT2D eigenvalue weighted by Gasteiger charge is -2.40. The average molecular weight is 405 g/mol. The highest BCUT2D eigenvalue weighted by atomic mass is 28.4. The fraction of sp³-hybridized carbons (Fsp3) is 0.667. The molecule has 1 amide bonds. The minimum Gasteiger partial charge on any atom is -0.491 e. The second-order valence-electron chi connectivity index (χ2n) is 9.74. The Labute approximate surface area is 173 Å². The number of carbonyl (C=O) groups excluding carboxylic acids is 1. The number of ether oxygens (including phenoxy) is 2. The third-order valence-electron chi connectivity index (χ3n) is 4.74. The van der Waals surface area contributed by atoms with Gasteiger partial charge < -0.3 is 18.8 Å². The maximum Gasteiger partial charge on any atom is 0.410 e. The molecule has 2 radical (unpaired) electrons. The van der Waals surface area contributed by atoms with E-state index in [0.29, 0.717) is 24.4 Å². The average Bonchev–Trinajstić information content (AvgIpc) is 2.49. The molecule has 1 rings (SSSR count). The van der Waals surface area contributed by atoms with Gasteiger partial charge in [0.2, 0.25) is 0 Å². The first-order chi connectivity index (χ1) is 12.6. The van der Waals surface area contributed by atoms with E-state index in [1.807, 2.05) is 39.0 Å². The molecule has 1 aromatic rings. The van der Waals surface area contributed by atoms with Gasteiger partial charge in [0.1, 0.15) is 25.8 Å². The third-order valence-corrected chi connectivity index (χ3v) is 9.28. The van der Waals surface area contributed by atoms with Gasteiger partial charge in [-0.15, -0.1) is 0 Å². The van der Waals surface area contributed by atoms with Crippen molar-refractivity contribution >= 4 is 27.7 Å². The molecule has 0 saturated carbocycles. The molecule has 0 heterocycles. The van der Waals surface area contributed by atoms with Crippen LogP contribution in [0, 0.1) is 0 Å². The minimum absolute atomic E-state index is 0.0485. The summed E-state index contributed by atoms with van der Waals surface area (Å²) in [6.45, 7) is 17.2. The van der Waals surface area contributed by atoms with Crippen molar-refractivity contribution in [2.75, 3.05) is 20.2 Å². The Kier molecular flexibility index (Phi) is 8.21. The van der Waals surface area contributed by atoms with Gasteiger partial charge in [-0.05, 0) is 51.0 Å². The first-order valence-electron chi connectivity index (χ1n) is 9.71. The number of nitrogens with zero attached hydrogens (tertiary/aromatic N) is 1. The Morgan fingerprint density at radius 3 is 2.29 bits per heavy atom. The van der Waals surface area contributed by atoms with Gasteiger partial charge in [-0.2, -0.15) is 0 Å². The number of likely N-dealkylation sites (N-methyl/N-ethyl adjacent to an activating group) is 1. The van der Waals surface area contributed by atoms with Gasteiger partial charge >= 0.3 is 6.09 Å². The molecule has 7 heteroatoms. The van der Waals surface area contributed by atoms with Gasteiger partial charge in [0, 0.05) is 7.05 Å². The van der Waals surface area contributed by atoms with Crippen molar-refractivity contribution in [2.45, 2.75) is 71.4 Å². The SMILES string of the molecule is [B]c1cccc(OCC(CN(C)C(=O)OC(C)(C)C)O[Si](C)(C)C(C)(C)C)c1. The molecule has 1 atom stereocenters. The Morgan fingerprint density at radius 1 is 1.18 bits per heavy atom. The van der Waals surface area contributed by atoms with Crippen LogP contribution in [0.1, 0.15) is 41.5 Å². The Balaban J connectivity index is 2.89. The van der Waals surface area contributed by atoms with Gasteiger partial charge in [0.25, 0.3) is 0 Å². The van der Waals surface area contributed by atoms with E-state index >= 15 is 0 Å². The highest BCUT2D eigenvalue weighted by Gasteiger charge is 2.40. The van der Waals surface area contributed by atoms with E-state index in [4.69, 9.17) is 21.7 Å². The first-order valence-corrected chi connectivity index (χ1v) is 12.6. The monoisotopic (exact) mass is 405 g/mol. The Bertz CT molecular complexity index is 653. The predicted octanol–water partition coefficient (Wildman–Crippen LogP) is 4.12. The van der Waals surface area contributed by atoms with Crippen LogP contribution in [0.4, 0.5) is 4.79 Å². The van der Waals surface area contributed by atoms with Crippen LogP contribution in [-0.4, -0.2) is 59.1 Å². The number of amides is 1. The summed E-state index contributed by atoms with van der Waals surface area (Å²) in [7, 11) is 5.50. The molecule has 0 aromatic heterocycles. The summed E-state index contributed by atoms with van der Waals surface area (Å²) in [5.41, 5.74) is 0.101. The van der Waals surface area contributed by atoms with Gasteiger partial charge in [-0.1, -0.05) is 38.4 Å². The molecule has 5 nitrogen and oxygen atoms in total. The van der Waals surface area contributed by atoms with E-state index in [2.05, 4.69) is 33.9 Å². The number of hydrogen-bond acceptors (Lipinski definition) is 4. The van der Waals surface area contributed by atoms with Crippen molar-refractivity contribution in [1.29, 1.82) is 0 Å². The van der Waals surface area contributed by atoms with Crippen LogP contribution in [0.2, 0.25) is 18.1 Å². The lowest BCUT2D eigenvalue weighted by atomic mass is 9.96. The van der Waals surface area contributed by atoms with Crippen molar-refractivity contribution in [3.63, 3.8) is 0 Å². The molecule has 0 aliphatic carbocycles. The summed E-state index contributed by atoms with van der Waals surface area (Å²) in [6, 6.07) is 7.30. The van der Waals surface area contributed by atoms with Crippen LogP contribution in [0.25, 0.3) is 0 Å². The molecule has 0 fully saturated rings. The van der Waals surface area contributed by atoms with Crippen LogP contribution in [0.15, 0.2) is 24.3 Å². The van der Waals surface area contributed by atoms with Crippen LogP contribution in [0.5, 0.6) is 5.75 Å². The lowest BCUT2D eigenvalue weighted by molar-refractivity contribution is 0.0172. The zero-order valence-corrected chi connectivity index (χ0v) is 20.0. The van der Waals surface area contributed by atoms with Crippen LogP contribution in [-0.2, 0) is 9.16 Å². The second-order valence-corrected chi connectivity index (χ2v) is 14.5. The molecule has 1 unspecified atom stereocenters. The van der Waals surface area contributed by atoms with Crippen LogP contribution >= 0.6 is 0 Å². The molecule has 28 heavy (non-hydrogen) atoms. The molecule has 0 aliphatic rings. The molecular formula is C21H36BNO4Si. The van der Waals surface area contributed by atoms with Gasteiger partial charge in [-0.25, -0.2) is 4.79 Å². The van der Waals surface area contributed by atoms with Crippen molar-refractivity contribution < 1.29 is 18.7 Å². The summed E-state index contributed by atoms with van der Waals surface area (Å²) < 4.78 is 17.9. The summed E-state index contributed by atoms with van der Waals surface area (Å²) in [6.07, 6.45) is -0.653. The number of hydrogen-bond donors (Lipinski definition) is 0. The second kappa shape index (κ2) is 9.35. The summed E-state index contributed by atoms with van der Waals surface area (Å²) in [4.78, 5) is 13.9. The predicted molar refractivity (Wildman–Crippen MR) is 118 cm³/mol. The molecule has 1 aromatic carbocycles. The quantitative estimate of drug-likeness (QED) is 0.641. The fourth-order valence-corrected chi connectivity index (χ4v) is 3.56. The highest BCUT2D eigenvalue weighted by Crippen LogP contribution is 2.37. The van der Waals surface area contributed by atoms with Crippen molar-refractivity contribution in [2.24, 2.45) is 0 Å². The largest absolute Gasteiger partial charge is 0.491 e. The molecule has 156 valence electrons. The minimum atomic E-state index is -2.05. The van der Waals surface area contributed by atoms with E-state index in [1.54, 1.807) is 18.0 Å². The third kappa shape index (κ3) is 8.27. The molecule has 0 aliphatic heterocycles. The molecule has 0 bridgehead atoms. The first kappa shape index (κ1) is 24.6. The highest BCUT2D eigenvalue weighted by molar-refractivity contribution is 6.74. The standard InChI is InChI=1S/C21H36BNO4Si/c1-20(2,3)26-19(24)23(7)14-18(27-28(8,9)21(4,5)6)15-25-17-12-10-11-16(22)13-17/h10-13,18H,14-15H2,1-9H3. The van der Waals surface area contributed by atoms with Gasteiger partial charge in [0.05, 0.1) is 12.6 Å². The molecule has 0 saturated heterocycles. The molecule has 0 spiro atoms. The van der Waals surface area contributed by atoms with Crippen molar-refractivity contribution in [1.82, 2.24) is 4.90 Å². The van der Waals surface area contributed by atoms with E-state index in [9.17, 15) is 4.79 Å². The zero-order chi connectivity index (χ0) is 21.8. The van der Waals surface area contributed by atoms with Crippen LogP contribution in [0.3, 0.4) is 0 Å². The van der Waals surface area contributed by atoms with Gasteiger partial charge in [-0.3, -0.25) is 0 Å². The number of benzene rings is 1. The van der Waals surface area contributed by atoms with Gasteiger partial charge in [0.15, 0.2) is 8.32 Å². The lowest BCUT2D eigenvalue weighted by Crippen LogP contribution is -2.49. The van der Waals surface area contributed by atoms with Crippen molar-refractivity contribution in [3.05, 3.63) is 24.3 Å². The molecule has 0 N–H and O–H groups in total. The summed E-state index contributed by atoms with van der Waals surface area (Å²) in [5, 5.41) is 0.0485. The topological polar surface area (TPSA) is 48.0 Å². The van der Waals surface area contributed by atoms with Crippen molar-refractivity contribution in [3.8, 4) is 5.75 Å². The normalized spacial score (nSPS) is 13.8. The van der Waals surface area contributed by atoms with Crippen LogP contribution < -0.4 is 10.2 Å². The Hall–Kier alpha value is -1.47. The van der Waals surface area contributed by atoms with E-state index in [0.717, 1.165) is 0 Å². The van der Waals surface area contributed by atoms with E-state index < -0.39 is 13.9 Å². The maximum atomic E-state index is 12.4. The summed E-state index contributed by atoms with van der Waals surface area (Å²) >= 11 is 0. The van der Waals surface area contributed by atoms with E-state index in [1.165, 1.54) is 0 Å². The fourth-order valence-electron chi connectivity index (χ4n) is 2.23. The maximum absolute atomic E-state index is 12.4. The Morgan fingerprint density at radius 2 is 1.79 bits per heavy atom. The summed E-state index contributed by atoms with van der Waals surface area (Å²) in [5.74, 6) is 0.684. The van der Waals surface area contributed by atoms with E-state index in [-0.39, 0.29) is 17.2 Å².